The molecule has 0 bridgehead atoms. The Labute approximate surface area is 149 Å². The predicted molar refractivity (Wildman–Crippen MR) is 98.7 cm³/mol. The minimum Gasteiger partial charge on any atom is -0.352 e. The molecule has 0 radical (unpaired) electrons. The third-order valence-electron chi connectivity index (χ3n) is 3.77. The quantitative estimate of drug-likeness (QED) is 0.591. The second kappa shape index (κ2) is 6.82. The molecule has 1 atom stereocenters. The van der Waals surface area contributed by atoms with Crippen molar-refractivity contribution in [3.8, 4) is 17.1 Å². The second-order valence-electron chi connectivity index (χ2n) is 5.58. The lowest BCUT2D eigenvalue weighted by Gasteiger charge is -2.08. The molecule has 0 aliphatic carbocycles. The van der Waals surface area contributed by atoms with Gasteiger partial charge in [-0.1, -0.05) is 53.7 Å². The Morgan fingerprint density at radius 2 is 1.72 bits per heavy atom. The van der Waals surface area contributed by atoms with E-state index in [1.165, 1.54) is 11.5 Å². The van der Waals surface area contributed by atoms with Gasteiger partial charge in [-0.3, -0.25) is 0 Å². The van der Waals surface area contributed by atoms with Crippen LogP contribution in [0.4, 0.5) is 5.13 Å². The van der Waals surface area contributed by atoms with Crippen molar-refractivity contribution in [1.29, 1.82) is 0 Å². The van der Waals surface area contributed by atoms with Crippen LogP contribution in [0.3, 0.4) is 0 Å². The number of hydrogen-bond donors (Lipinski definition) is 1. The van der Waals surface area contributed by atoms with Gasteiger partial charge in [0.1, 0.15) is 5.69 Å². The van der Waals surface area contributed by atoms with E-state index in [1.54, 1.807) is 4.68 Å². The van der Waals surface area contributed by atoms with Gasteiger partial charge in [0.2, 0.25) is 5.13 Å². The lowest BCUT2D eigenvalue weighted by Crippen LogP contribution is -2.06. The molecule has 0 fully saturated rings. The number of nitrogens with one attached hydrogen (secondary N) is 1. The summed E-state index contributed by atoms with van der Waals surface area (Å²) in [5.74, 6) is 0.730. The van der Waals surface area contributed by atoms with Crippen LogP contribution in [0.25, 0.3) is 17.1 Å². The highest BCUT2D eigenvalue weighted by molar-refractivity contribution is 7.09. The van der Waals surface area contributed by atoms with Gasteiger partial charge < -0.3 is 5.32 Å². The molecule has 25 heavy (non-hydrogen) atoms. The maximum atomic E-state index is 4.55. The average Bonchev–Trinajstić information content (AvgIpc) is 3.33. The molecule has 0 saturated heterocycles. The molecule has 2 aromatic heterocycles. The Kier molecular flexibility index (Phi) is 4.22. The highest BCUT2D eigenvalue weighted by Crippen LogP contribution is 2.24. The number of aromatic nitrogens is 5. The van der Waals surface area contributed by atoms with Crippen LogP contribution in [0.1, 0.15) is 18.7 Å². The van der Waals surface area contributed by atoms with Gasteiger partial charge in [-0.05, 0) is 19.1 Å². The molecule has 124 valence electrons. The van der Waals surface area contributed by atoms with Crippen molar-refractivity contribution in [2.75, 3.05) is 5.32 Å². The van der Waals surface area contributed by atoms with Crippen LogP contribution < -0.4 is 5.32 Å². The first-order valence-electron chi connectivity index (χ1n) is 7.93. The van der Waals surface area contributed by atoms with Crippen molar-refractivity contribution in [3.63, 3.8) is 0 Å². The molecule has 0 aliphatic rings. The van der Waals surface area contributed by atoms with Crippen molar-refractivity contribution in [2.24, 2.45) is 0 Å². The van der Waals surface area contributed by atoms with E-state index in [4.69, 9.17) is 0 Å². The Morgan fingerprint density at radius 1 is 1.00 bits per heavy atom. The van der Waals surface area contributed by atoms with E-state index in [-0.39, 0.29) is 6.04 Å². The summed E-state index contributed by atoms with van der Waals surface area (Å²) >= 11 is 1.34. The summed E-state index contributed by atoms with van der Waals surface area (Å²) in [6, 6.07) is 19.8. The minimum absolute atomic E-state index is 0.0194. The summed E-state index contributed by atoms with van der Waals surface area (Å²) < 4.78 is 6.18. The van der Waals surface area contributed by atoms with Crippen molar-refractivity contribution in [2.45, 2.75) is 13.0 Å². The Morgan fingerprint density at radius 3 is 2.48 bits per heavy atom. The van der Waals surface area contributed by atoms with E-state index in [2.05, 4.69) is 25.0 Å². The van der Waals surface area contributed by atoms with Gasteiger partial charge in [0.15, 0.2) is 5.82 Å². The average molecular weight is 348 g/mol. The van der Waals surface area contributed by atoms with E-state index in [9.17, 15) is 0 Å². The van der Waals surface area contributed by atoms with Crippen molar-refractivity contribution >= 4 is 16.7 Å². The van der Waals surface area contributed by atoms with Gasteiger partial charge in [-0.2, -0.15) is 9.36 Å². The van der Waals surface area contributed by atoms with Crippen LogP contribution in [-0.2, 0) is 0 Å². The second-order valence-corrected chi connectivity index (χ2v) is 6.33. The van der Waals surface area contributed by atoms with Crippen molar-refractivity contribution < 1.29 is 0 Å². The fraction of sp³-hybridized carbons (Fsp3) is 0.111. The summed E-state index contributed by atoms with van der Waals surface area (Å²) in [6.45, 7) is 2.03. The zero-order valence-electron chi connectivity index (χ0n) is 13.6. The van der Waals surface area contributed by atoms with Crippen LogP contribution in [0, 0.1) is 0 Å². The van der Waals surface area contributed by atoms with Crippen molar-refractivity contribution in [1.82, 2.24) is 24.4 Å². The number of benzene rings is 2. The molecular formula is C18H16N6S. The molecule has 0 amide bonds. The molecule has 1 N–H and O–H groups in total. The maximum Gasteiger partial charge on any atom is 0.203 e. The molecule has 0 aliphatic heterocycles. The summed E-state index contributed by atoms with van der Waals surface area (Å²) in [5, 5.41) is 12.6. The number of nitrogens with zero attached hydrogens (tertiary/aromatic N) is 5. The van der Waals surface area contributed by atoms with Gasteiger partial charge in [0, 0.05) is 17.1 Å². The lowest BCUT2D eigenvalue weighted by molar-refractivity contribution is 0.781. The molecule has 1 unspecified atom stereocenters. The highest BCUT2D eigenvalue weighted by atomic mass is 32.1. The van der Waals surface area contributed by atoms with Crippen LogP contribution in [0.5, 0.6) is 0 Å². The molecule has 4 rings (SSSR count). The van der Waals surface area contributed by atoms with E-state index < -0.39 is 0 Å². The highest BCUT2D eigenvalue weighted by Gasteiger charge is 2.14. The van der Waals surface area contributed by atoms with Gasteiger partial charge in [-0.25, -0.2) is 4.68 Å². The van der Waals surface area contributed by atoms with Gasteiger partial charge in [0.05, 0.1) is 17.9 Å². The van der Waals surface area contributed by atoms with Gasteiger partial charge >= 0.3 is 0 Å². The first kappa shape index (κ1) is 15.5. The molecular weight excluding hydrogens is 332 g/mol. The van der Waals surface area contributed by atoms with Crippen LogP contribution in [0.2, 0.25) is 0 Å². The third-order valence-corrected chi connectivity index (χ3v) is 4.42. The maximum absolute atomic E-state index is 4.55. The zero-order chi connectivity index (χ0) is 17.1. The minimum atomic E-state index is -0.0194. The van der Waals surface area contributed by atoms with Crippen LogP contribution in [0.15, 0.2) is 66.9 Å². The molecule has 2 aromatic carbocycles. The van der Waals surface area contributed by atoms with Crippen LogP contribution >= 0.6 is 11.5 Å². The predicted octanol–water partition coefficient (Wildman–Crippen LogP) is 3.96. The summed E-state index contributed by atoms with van der Waals surface area (Å²) in [7, 11) is 0. The molecule has 2 heterocycles. The molecule has 7 heteroatoms. The van der Waals surface area contributed by atoms with E-state index in [0.717, 1.165) is 27.9 Å². The summed E-state index contributed by atoms with van der Waals surface area (Å²) in [4.78, 5) is 4.55. The Hall–Kier alpha value is -3.06. The van der Waals surface area contributed by atoms with Crippen LogP contribution in [-0.4, -0.2) is 24.4 Å². The van der Waals surface area contributed by atoms with Crippen molar-refractivity contribution in [3.05, 3.63) is 72.6 Å². The SMILES string of the molecule is CC(Nc1nc(-c2ccccc2)ns1)c1cn(-c2ccccc2)nn1. The molecule has 4 aromatic rings. The smallest absolute Gasteiger partial charge is 0.203 e. The Bertz CT molecular complexity index is 948. The number of rotatable bonds is 5. The number of anilines is 1. The van der Waals surface area contributed by atoms with E-state index in [0.29, 0.717) is 0 Å². The molecule has 0 spiro atoms. The zero-order valence-corrected chi connectivity index (χ0v) is 14.4. The fourth-order valence-corrected chi connectivity index (χ4v) is 3.10. The first-order valence-corrected chi connectivity index (χ1v) is 8.70. The molecule has 0 saturated carbocycles. The van der Waals surface area contributed by atoms with Gasteiger partial charge in [-0.15, -0.1) is 5.10 Å². The number of hydrogen-bond acceptors (Lipinski definition) is 6. The monoisotopic (exact) mass is 348 g/mol. The van der Waals surface area contributed by atoms with E-state index in [1.807, 2.05) is 73.8 Å². The van der Waals surface area contributed by atoms with Gasteiger partial charge in [0.25, 0.3) is 0 Å². The first-order chi connectivity index (χ1) is 12.3. The summed E-state index contributed by atoms with van der Waals surface area (Å²) in [5.41, 5.74) is 2.84. The summed E-state index contributed by atoms with van der Waals surface area (Å²) in [6.07, 6.45) is 1.92. The third kappa shape index (κ3) is 3.41. The standard InChI is InChI=1S/C18H16N6S/c1-13(16-12-24(23-21-16)15-10-6-3-7-11-15)19-18-20-17(22-25-18)14-8-4-2-5-9-14/h2-13H,1H3,(H,19,20,22). The topological polar surface area (TPSA) is 68.5 Å². The molecule has 6 nitrogen and oxygen atoms in total. The van der Waals surface area contributed by atoms with E-state index >= 15 is 0 Å². The largest absolute Gasteiger partial charge is 0.352 e. The number of para-hydroxylation sites is 1. The fourth-order valence-electron chi connectivity index (χ4n) is 2.43. The lowest BCUT2D eigenvalue weighted by atomic mass is 10.2. The normalized spacial score (nSPS) is 12.0. The Balaban J connectivity index is 1.49.